The summed E-state index contributed by atoms with van der Waals surface area (Å²) in [5, 5.41) is 10.5. The number of hydrogen-bond donors (Lipinski definition) is 2. The Bertz CT molecular complexity index is 753. The summed E-state index contributed by atoms with van der Waals surface area (Å²) in [7, 11) is 0. The van der Waals surface area contributed by atoms with Crippen LogP contribution in [0.2, 0.25) is 5.02 Å². The smallest absolute Gasteiger partial charge is 0.229 e. The summed E-state index contributed by atoms with van der Waals surface area (Å²) in [5.74, 6) is -0.510. The Morgan fingerprint density at radius 3 is 2.17 bits per heavy atom. The lowest BCUT2D eigenvalue weighted by atomic mass is 10.1. The molecule has 2 N–H and O–H groups in total. The number of carbonyl (C=O) groups excluding carboxylic acids is 2. The fraction of sp³-hybridized carbons (Fsp3) is 0.353. The molecule has 6 nitrogen and oxygen atoms in total. The van der Waals surface area contributed by atoms with Gasteiger partial charge in [0, 0.05) is 18.3 Å². The van der Waals surface area contributed by atoms with Gasteiger partial charge < -0.3 is 10.6 Å². The van der Waals surface area contributed by atoms with Gasteiger partial charge in [-0.15, -0.1) is 0 Å². The van der Waals surface area contributed by atoms with Crippen LogP contribution in [0.1, 0.15) is 25.2 Å². The number of hydrogen-bond acceptors (Lipinski definition) is 3. The van der Waals surface area contributed by atoms with Crippen LogP contribution in [0.4, 0.5) is 11.4 Å². The van der Waals surface area contributed by atoms with Gasteiger partial charge in [0.15, 0.2) is 0 Å². The lowest BCUT2D eigenvalue weighted by molar-refractivity contribution is -0.119. The van der Waals surface area contributed by atoms with Crippen molar-refractivity contribution >= 4 is 34.8 Å². The summed E-state index contributed by atoms with van der Waals surface area (Å²) < 4.78 is 1.75. The van der Waals surface area contributed by atoms with E-state index in [4.69, 9.17) is 11.6 Å². The molecule has 0 bridgehead atoms. The van der Waals surface area contributed by atoms with E-state index in [-0.39, 0.29) is 17.7 Å². The number of benzene rings is 1. The second kappa shape index (κ2) is 7.49. The molecule has 2 rings (SSSR count). The van der Waals surface area contributed by atoms with Crippen molar-refractivity contribution in [3.05, 3.63) is 40.7 Å². The van der Waals surface area contributed by atoms with Crippen molar-refractivity contribution in [1.29, 1.82) is 0 Å². The van der Waals surface area contributed by atoms with E-state index in [2.05, 4.69) is 15.7 Å². The molecule has 1 aromatic heterocycles. The van der Waals surface area contributed by atoms with Gasteiger partial charge in [0.25, 0.3) is 0 Å². The van der Waals surface area contributed by atoms with Gasteiger partial charge in [-0.2, -0.15) is 5.10 Å². The van der Waals surface area contributed by atoms with Gasteiger partial charge in [-0.1, -0.05) is 18.5 Å². The Kier molecular flexibility index (Phi) is 5.62. The molecule has 2 aromatic rings. The average Bonchev–Trinajstić information content (AvgIpc) is 2.76. The van der Waals surface area contributed by atoms with E-state index in [1.807, 2.05) is 20.8 Å². The molecule has 1 heterocycles. The fourth-order valence-corrected chi connectivity index (χ4v) is 2.44. The topological polar surface area (TPSA) is 76.0 Å². The maximum Gasteiger partial charge on any atom is 0.229 e. The molecule has 1 atom stereocenters. The molecule has 1 unspecified atom stereocenters. The van der Waals surface area contributed by atoms with E-state index >= 15 is 0 Å². The first-order chi connectivity index (χ1) is 11.3. The van der Waals surface area contributed by atoms with Crippen LogP contribution in [0, 0.1) is 19.8 Å². The van der Waals surface area contributed by atoms with Gasteiger partial charge in [0.05, 0.1) is 28.9 Å². The first kappa shape index (κ1) is 18.0. The number of halogens is 1. The van der Waals surface area contributed by atoms with Crippen LogP contribution in [0.15, 0.2) is 24.3 Å². The Hall–Kier alpha value is -2.34. The van der Waals surface area contributed by atoms with Crippen LogP contribution in [-0.4, -0.2) is 21.6 Å². The number of amides is 2. The van der Waals surface area contributed by atoms with Crippen molar-refractivity contribution in [2.75, 3.05) is 10.6 Å². The van der Waals surface area contributed by atoms with Crippen molar-refractivity contribution in [3.8, 4) is 0 Å². The number of aryl methyl sites for hydroxylation is 1. The summed E-state index contributed by atoms with van der Waals surface area (Å²) in [6.07, 6.45) is 0. The fourth-order valence-electron chi connectivity index (χ4n) is 2.30. The number of carbonyl (C=O) groups is 2. The summed E-state index contributed by atoms with van der Waals surface area (Å²) in [5.41, 5.74) is 2.97. The highest BCUT2D eigenvalue weighted by molar-refractivity contribution is 6.31. The maximum atomic E-state index is 12.3. The molecule has 0 fully saturated rings. The van der Waals surface area contributed by atoms with Crippen LogP contribution in [-0.2, 0) is 16.1 Å². The number of rotatable bonds is 5. The Labute approximate surface area is 146 Å². The molecule has 0 spiro atoms. The largest absolute Gasteiger partial charge is 0.326 e. The van der Waals surface area contributed by atoms with E-state index < -0.39 is 0 Å². The average molecular weight is 349 g/mol. The molecular weight excluding hydrogens is 328 g/mol. The molecule has 24 heavy (non-hydrogen) atoms. The van der Waals surface area contributed by atoms with Crippen molar-refractivity contribution in [2.24, 2.45) is 5.92 Å². The molecule has 0 aliphatic rings. The minimum atomic E-state index is -0.269. The van der Waals surface area contributed by atoms with Gasteiger partial charge in [0.2, 0.25) is 11.8 Å². The third kappa shape index (κ3) is 4.35. The van der Waals surface area contributed by atoms with Crippen LogP contribution in [0.25, 0.3) is 0 Å². The zero-order valence-corrected chi connectivity index (χ0v) is 14.9. The third-order valence-electron chi connectivity index (χ3n) is 3.66. The zero-order chi connectivity index (χ0) is 17.9. The maximum absolute atomic E-state index is 12.3. The van der Waals surface area contributed by atoms with Crippen LogP contribution in [0.3, 0.4) is 0 Å². The Morgan fingerprint density at radius 1 is 1.17 bits per heavy atom. The van der Waals surface area contributed by atoms with Crippen molar-refractivity contribution in [1.82, 2.24) is 9.78 Å². The minimum absolute atomic E-state index is 0.106. The van der Waals surface area contributed by atoms with E-state index in [1.165, 1.54) is 6.92 Å². The van der Waals surface area contributed by atoms with Gasteiger partial charge in [0.1, 0.15) is 0 Å². The zero-order valence-electron chi connectivity index (χ0n) is 14.2. The van der Waals surface area contributed by atoms with Gasteiger partial charge in [-0.3, -0.25) is 14.3 Å². The molecule has 0 radical (unpaired) electrons. The Morgan fingerprint density at radius 2 is 1.71 bits per heavy atom. The molecule has 0 saturated carbocycles. The standard InChI is InChI=1S/C17H21ClN4O2/c1-10(9-22-12(3)16(18)11(2)21-22)17(24)20-15-7-5-14(6-8-15)19-13(4)23/h5-8,10H,9H2,1-4H3,(H,19,23)(H,20,24). The minimum Gasteiger partial charge on any atom is -0.326 e. The van der Waals surface area contributed by atoms with E-state index in [0.717, 1.165) is 11.4 Å². The normalized spacial score (nSPS) is 11.9. The van der Waals surface area contributed by atoms with Gasteiger partial charge in [-0.05, 0) is 38.1 Å². The predicted molar refractivity (Wildman–Crippen MR) is 95.3 cm³/mol. The number of nitrogens with zero attached hydrogens (tertiary/aromatic N) is 2. The van der Waals surface area contributed by atoms with Crippen LogP contribution >= 0.6 is 11.6 Å². The second-order valence-electron chi connectivity index (χ2n) is 5.82. The van der Waals surface area contributed by atoms with Gasteiger partial charge in [-0.25, -0.2) is 0 Å². The molecule has 1 aromatic carbocycles. The van der Waals surface area contributed by atoms with Crippen LogP contribution in [0.5, 0.6) is 0 Å². The van der Waals surface area contributed by atoms with Crippen molar-refractivity contribution in [3.63, 3.8) is 0 Å². The summed E-state index contributed by atoms with van der Waals surface area (Å²) >= 11 is 6.13. The first-order valence-electron chi connectivity index (χ1n) is 7.66. The number of anilines is 2. The number of nitrogens with one attached hydrogen (secondary N) is 2. The summed E-state index contributed by atoms with van der Waals surface area (Å²) in [6.45, 7) is 7.46. The monoisotopic (exact) mass is 348 g/mol. The molecular formula is C17H21ClN4O2. The van der Waals surface area contributed by atoms with Gasteiger partial charge >= 0.3 is 0 Å². The molecule has 0 aliphatic heterocycles. The molecule has 128 valence electrons. The third-order valence-corrected chi connectivity index (χ3v) is 4.21. The lowest BCUT2D eigenvalue weighted by Crippen LogP contribution is -2.25. The summed E-state index contributed by atoms with van der Waals surface area (Å²) in [6, 6.07) is 6.97. The first-order valence-corrected chi connectivity index (χ1v) is 8.03. The Balaban J connectivity index is 1.98. The quantitative estimate of drug-likeness (QED) is 0.869. The van der Waals surface area contributed by atoms with E-state index in [1.54, 1.807) is 28.9 Å². The van der Waals surface area contributed by atoms with E-state index in [0.29, 0.717) is 22.9 Å². The molecule has 7 heteroatoms. The number of aromatic nitrogens is 2. The highest BCUT2D eigenvalue weighted by Crippen LogP contribution is 2.20. The lowest BCUT2D eigenvalue weighted by Gasteiger charge is -2.14. The van der Waals surface area contributed by atoms with Crippen molar-refractivity contribution in [2.45, 2.75) is 34.2 Å². The van der Waals surface area contributed by atoms with Crippen LogP contribution < -0.4 is 10.6 Å². The molecule has 2 amide bonds. The highest BCUT2D eigenvalue weighted by Gasteiger charge is 2.17. The molecule has 0 aliphatic carbocycles. The highest BCUT2D eigenvalue weighted by atomic mass is 35.5. The van der Waals surface area contributed by atoms with Crippen molar-refractivity contribution < 1.29 is 9.59 Å². The van der Waals surface area contributed by atoms with E-state index in [9.17, 15) is 9.59 Å². The predicted octanol–water partition coefficient (Wildman–Crippen LogP) is 3.39. The molecule has 0 saturated heterocycles. The summed E-state index contributed by atoms with van der Waals surface area (Å²) in [4.78, 5) is 23.3. The SMILES string of the molecule is CC(=O)Nc1ccc(NC(=O)C(C)Cn2nc(C)c(Cl)c2C)cc1. The second-order valence-corrected chi connectivity index (χ2v) is 6.19.